The third kappa shape index (κ3) is 3.73. The highest BCUT2D eigenvalue weighted by molar-refractivity contribution is 9.10. The van der Waals surface area contributed by atoms with Crippen LogP contribution in [0.25, 0.3) is 0 Å². The van der Waals surface area contributed by atoms with Gasteiger partial charge in [0.15, 0.2) is 0 Å². The van der Waals surface area contributed by atoms with Crippen molar-refractivity contribution in [2.45, 2.75) is 24.5 Å². The smallest absolute Gasteiger partial charge is 0.284 e. The Morgan fingerprint density at radius 2 is 2.30 bits per heavy atom. The van der Waals surface area contributed by atoms with Crippen LogP contribution in [0.5, 0.6) is 0 Å². The summed E-state index contributed by atoms with van der Waals surface area (Å²) in [5.41, 5.74) is 0.213. The average molecular weight is 359 g/mol. The largest absolute Gasteiger partial charge is 0.351 e. The summed E-state index contributed by atoms with van der Waals surface area (Å²) in [7, 11) is 0. The van der Waals surface area contributed by atoms with Crippen LogP contribution in [-0.4, -0.2) is 28.4 Å². The Morgan fingerprint density at radius 3 is 2.95 bits per heavy atom. The summed E-state index contributed by atoms with van der Waals surface area (Å²) in [4.78, 5) is 22.5. The maximum atomic E-state index is 12.1. The number of hydrogen-bond acceptors (Lipinski definition) is 4. The van der Waals surface area contributed by atoms with Gasteiger partial charge in [0.25, 0.3) is 11.6 Å². The number of nitro benzene ring substituents is 1. The lowest BCUT2D eigenvalue weighted by atomic mass is 10.1. The Hall–Kier alpha value is -1.08. The van der Waals surface area contributed by atoms with Gasteiger partial charge in [-0.3, -0.25) is 14.9 Å². The van der Waals surface area contributed by atoms with Crippen molar-refractivity contribution >= 4 is 39.3 Å². The van der Waals surface area contributed by atoms with Crippen LogP contribution in [0.15, 0.2) is 22.7 Å². The maximum absolute atomic E-state index is 12.1. The molecule has 0 aliphatic carbocycles. The number of benzene rings is 1. The number of nitrogens with one attached hydrogen (secondary N) is 1. The van der Waals surface area contributed by atoms with Crippen molar-refractivity contribution in [3.63, 3.8) is 0 Å². The minimum atomic E-state index is -0.502. The molecule has 1 saturated heterocycles. The summed E-state index contributed by atoms with van der Waals surface area (Å²) < 4.78 is 0.235. The van der Waals surface area contributed by atoms with Crippen molar-refractivity contribution in [3.8, 4) is 0 Å². The van der Waals surface area contributed by atoms with Crippen LogP contribution in [-0.2, 0) is 0 Å². The second kappa shape index (κ2) is 7.08. The van der Waals surface area contributed by atoms with Gasteiger partial charge in [0, 0.05) is 17.9 Å². The lowest BCUT2D eigenvalue weighted by Gasteiger charge is -2.21. The molecule has 7 heteroatoms. The van der Waals surface area contributed by atoms with Crippen molar-refractivity contribution in [3.05, 3.63) is 38.3 Å². The molecule has 1 aliphatic rings. The molecule has 1 aromatic carbocycles. The van der Waals surface area contributed by atoms with Crippen LogP contribution in [0.1, 0.15) is 29.6 Å². The second-order valence-corrected chi connectivity index (χ2v) is 6.80. The molecule has 1 fully saturated rings. The van der Waals surface area contributed by atoms with E-state index in [9.17, 15) is 14.9 Å². The SMILES string of the molecule is O=C(NCC1CCCCS1)c1cccc([N+](=O)[O-])c1Br. The zero-order valence-electron chi connectivity index (χ0n) is 10.8. The van der Waals surface area contributed by atoms with E-state index in [1.807, 2.05) is 11.8 Å². The molecule has 0 saturated carbocycles. The third-order valence-corrected chi connectivity index (χ3v) is 5.42. The molecule has 1 heterocycles. The lowest BCUT2D eigenvalue weighted by Crippen LogP contribution is -2.32. The van der Waals surface area contributed by atoms with Gasteiger partial charge in [0.05, 0.1) is 10.5 Å². The van der Waals surface area contributed by atoms with E-state index >= 15 is 0 Å². The van der Waals surface area contributed by atoms with E-state index in [1.165, 1.54) is 25.0 Å². The van der Waals surface area contributed by atoms with Crippen molar-refractivity contribution in [1.29, 1.82) is 0 Å². The molecule has 1 unspecified atom stereocenters. The highest BCUT2D eigenvalue weighted by atomic mass is 79.9. The van der Waals surface area contributed by atoms with Crippen molar-refractivity contribution in [2.75, 3.05) is 12.3 Å². The van der Waals surface area contributed by atoms with Crippen LogP contribution < -0.4 is 5.32 Å². The molecule has 1 aliphatic heterocycles. The minimum Gasteiger partial charge on any atom is -0.351 e. The Labute approximate surface area is 129 Å². The number of amides is 1. The van der Waals surface area contributed by atoms with Gasteiger partial charge in [-0.15, -0.1) is 0 Å². The summed E-state index contributed by atoms with van der Waals surface area (Å²) >= 11 is 5.02. The summed E-state index contributed by atoms with van der Waals surface area (Å²) in [5, 5.41) is 14.2. The van der Waals surface area contributed by atoms with Gasteiger partial charge in [0.1, 0.15) is 4.47 Å². The monoisotopic (exact) mass is 358 g/mol. The Bertz CT molecular complexity index is 518. The van der Waals surface area contributed by atoms with E-state index in [1.54, 1.807) is 6.07 Å². The van der Waals surface area contributed by atoms with Gasteiger partial charge in [-0.1, -0.05) is 12.5 Å². The lowest BCUT2D eigenvalue weighted by molar-refractivity contribution is -0.385. The molecule has 5 nitrogen and oxygen atoms in total. The van der Waals surface area contributed by atoms with Gasteiger partial charge in [-0.2, -0.15) is 11.8 Å². The first-order chi connectivity index (χ1) is 9.59. The fourth-order valence-electron chi connectivity index (χ4n) is 2.11. The average Bonchev–Trinajstić information content (AvgIpc) is 2.46. The molecule has 0 bridgehead atoms. The highest BCUT2D eigenvalue weighted by Crippen LogP contribution is 2.28. The Balaban J connectivity index is 2.01. The number of halogens is 1. The Kier molecular flexibility index (Phi) is 5.42. The van der Waals surface area contributed by atoms with E-state index in [-0.39, 0.29) is 16.1 Å². The van der Waals surface area contributed by atoms with E-state index in [0.717, 1.165) is 12.2 Å². The quantitative estimate of drug-likeness (QED) is 0.661. The Morgan fingerprint density at radius 1 is 1.50 bits per heavy atom. The molecule has 1 amide bonds. The molecule has 108 valence electrons. The van der Waals surface area contributed by atoms with Crippen LogP contribution in [0.4, 0.5) is 5.69 Å². The number of nitrogens with zero attached hydrogens (tertiary/aromatic N) is 1. The molecule has 0 aromatic heterocycles. The van der Waals surface area contributed by atoms with Gasteiger partial charge < -0.3 is 5.32 Å². The van der Waals surface area contributed by atoms with Crippen LogP contribution >= 0.6 is 27.7 Å². The molecule has 0 radical (unpaired) electrons. The topological polar surface area (TPSA) is 72.2 Å². The van der Waals surface area contributed by atoms with Crippen LogP contribution in [0, 0.1) is 10.1 Å². The number of nitro groups is 1. The standard InChI is InChI=1S/C13H15BrN2O3S/c14-12-10(5-3-6-11(12)16(18)19)13(17)15-8-9-4-1-2-7-20-9/h3,5-6,9H,1-2,4,7-8H2,(H,15,17). The molecule has 0 spiro atoms. The summed E-state index contributed by atoms with van der Waals surface area (Å²) in [6.45, 7) is 0.610. The van der Waals surface area contributed by atoms with Crippen LogP contribution in [0.3, 0.4) is 0 Å². The number of carbonyl (C=O) groups excluding carboxylic acids is 1. The van der Waals surface area contributed by atoms with E-state index in [2.05, 4.69) is 21.2 Å². The van der Waals surface area contributed by atoms with Crippen molar-refractivity contribution in [2.24, 2.45) is 0 Å². The number of carbonyl (C=O) groups is 1. The second-order valence-electron chi connectivity index (χ2n) is 4.59. The van der Waals surface area contributed by atoms with Gasteiger partial charge in [-0.05, 0) is 40.6 Å². The third-order valence-electron chi connectivity index (χ3n) is 3.18. The molecule has 20 heavy (non-hydrogen) atoms. The maximum Gasteiger partial charge on any atom is 0.284 e. The fourth-order valence-corrected chi connectivity index (χ4v) is 3.93. The normalized spacial score (nSPS) is 18.6. The van der Waals surface area contributed by atoms with E-state index < -0.39 is 4.92 Å². The minimum absolute atomic E-state index is 0.0929. The number of hydrogen-bond donors (Lipinski definition) is 1. The summed E-state index contributed by atoms with van der Waals surface area (Å²) in [5.74, 6) is 0.868. The molecule has 2 rings (SSSR count). The van der Waals surface area contributed by atoms with Gasteiger partial charge in [0.2, 0.25) is 0 Å². The van der Waals surface area contributed by atoms with Crippen LogP contribution in [0.2, 0.25) is 0 Å². The summed E-state index contributed by atoms with van der Waals surface area (Å²) in [6.07, 6.45) is 3.56. The highest BCUT2D eigenvalue weighted by Gasteiger charge is 2.20. The van der Waals surface area contributed by atoms with Gasteiger partial charge in [-0.25, -0.2) is 0 Å². The molecular weight excluding hydrogens is 344 g/mol. The molecule has 1 aromatic rings. The zero-order chi connectivity index (χ0) is 14.5. The number of rotatable bonds is 4. The predicted octanol–water partition coefficient (Wildman–Crippen LogP) is 3.37. The first kappa shape index (κ1) is 15.3. The van der Waals surface area contributed by atoms with Crippen molar-refractivity contribution < 1.29 is 9.72 Å². The molecular formula is C13H15BrN2O3S. The number of thioether (sulfide) groups is 1. The summed E-state index contributed by atoms with van der Waals surface area (Å²) in [6, 6.07) is 4.48. The molecule has 1 atom stereocenters. The zero-order valence-corrected chi connectivity index (χ0v) is 13.2. The van der Waals surface area contributed by atoms with E-state index in [0.29, 0.717) is 17.4 Å². The fraction of sp³-hybridized carbons (Fsp3) is 0.462. The molecule has 1 N–H and O–H groups in total. The first-order valence-electron chi connectivity index (χ1n) is 6.42. The van der Waals surface area contributed by atoms with Gasteiger partial charge >= 0.3 is 0 Å². The first-order valence-corrected chi connectivity index (χ1v) is 8.26. The van der Waals surface area contributed by atoms with Crippen molar-refractivity contribution in [1.82, 2.24) is 5.32 Å². The predicted molar refractivity (Wildman–Crippen MR) is 83.2 cm³/mol. The van der Waals surface area contributed by atoms with E-state index in [4.69, 9.17) is 0 Å².